The Balaban J connectivity index is 2.11. The highest BCUT2D eigenvalue weighted by molar-refractivity contribution is 7.07. The highest BCUT2D eigenvalue weighted by Gasteiger charge is 2.13. The van der Waals surface area contributed by atoms with Crippen LogP contribution in [0, 0.1) is 5.82 Å². The van der Waals surface area contributed by atoms with Crippen LogP contribution in [0.15, 0.2) is 44.8 Å². The zero-order valence-corrected chi connectivity index (χ0v) is 19.3. The van der Waals surface area contributed by atoms with Gasteiger partial charge in [-0.25, -0.2) is 14.0 Å². The van der Waals surface area contributed by atoms with E-state index in [0.717, 1.165) is 32.6 Å². The molecule has 0 saturated carbocycles. The van der Waals surface area contributed by atoms with E-state index in [1.807, 2.05) is 0 Å². The van der Waals surface area contributed by atoms with Gasteiger partial charge in [0.25, 0.3) is 11.1 Å². The Morgan fingerprint density at radius 3 is 2.59 bits per heavy atom. The number of nitrogens with one attached hydrogen (secondary N) is 1. The molecule has 0 aliphatic carbocycles. The monoisotopic (exact) mass is 488 g/mol. The van der Waals surface area contributed by atoms with Gasteiger partial charge in [-0.1, -0.05) is 6.07 Å². The van der Waals surface area contributed by atoms with E-state index in [4.69, 9.17) is 4.74 Å². The Morgan fingerprint density at radius 2 is 1.91 bits per heavy atom. The summed E-state index contributed by atoms with van der Waals surface area (Å²) in [5.41, 5.74) is -1.50. The number of carbonyl (C=O) groups is 2. The maximum atomic E-state index is 13.4. The van der Waals surface area contributed by atoms with Crippen LogP contribution >= 0.6 is 11.3 Å². The first kappa shape index (κ1) is 24.6. The number of hydrogen-bond acceptors (Lipinski definition) is 7. The molecule has 2 heterocycles. The molecule has 1 aromatic carbocycles. The molecule has 2 aromatic heterocycles. The van der Waals surface area contributed by atoms with Gasteiger partial charge >= 0.3 is 11.7 Å². The Morgan fingerprint density at radius 1 is 1.18 bits per heavy atom. The lowest BCUT2D eigenvalue weighted by atomic mass is 10.3. The van der Waals surface area contributed by atoms with Gasteiger partial charge in [0.1, 0.15) is 17.0 Å². The summed E-state index contributed by atoms with van der Waals surface area (Å²) in [5, 5.41) is 2.49. The number of amides is 1. The Hall–Kier alpha value is -4.06. The molecule has 178 valence electrons. The first-order chi connectivity index (χ1) is 16.1. The number of hydrogen-bond donors (Lipinski definition) is 1. The molecule has 0 saturated heterocycles. The fraction of sp³-hybridized carbons (Fsp3) is 0.227. The van der Waals surface area contributed by atoms with Gasteiger partial charge in [0.05, 0.1) is 22.8 Å². The van der Waals surface area contributed by atoms with Gasteiger partial charge in [0.2, 0.25) is 5.91 Å². The van der Waals surface area contributed by atoms with Gasteiger partial charge in [-0.3, -0.25) is 23.5 Å². The summed E-state index contributed by atoms with van der Waals surface area (Å²) in [5.74, 6) is -1.89. The number of carbonyl (C=O) groups excluding carboxylic acids is 2. The van der Waals surface area contributed by atoms with Gasteiger partial charge in [-0.05, 0) is 31.2 Å². The van der Waals surface area contributed by atoms with Crippen molar-refractivity contribution in [3.8, 4) is 0 Å². The van der Waals surface area contributed by atoms with Crippen molar-refractivity contribution in [3.05, 3.63) is 82.2 Å². The van der Waals surface area contributed by atoms with Crippen LogP contribution < -0.4 is 31.3 Å². The molecule has 34 heavy (non-hydrogen) atoms. The van der Waals surface area contributed by atoms with Crippen LogP contribution in [-0.4, -0.2) is 32.2 Å². The molecule has 0 unspecified atom stereocenters. The van der Waals surface area contributed by atoms with Crippen molar-refractivity contribution < 1.29 is 18.7 Å². The molecule has 0 aliphatic heterocycles. The second-order valence-corrected chi connectivity index (χ2v) is 8.20. The third-order valence-electron chi connectivity index (χ3n) is 4.63. The van der Waals surface area contributed by atoms with E-state index >= 15 is 0 Å². The highest BCUT2D eigenvalue weighted by atomic mass is 32.1. The fourth-order valence-corrected chi connectivity index (χ4v) is 4.09. The number of esters is 1. The van der Waals surface area contributed by atoms with Crippen LogP contribution in [0.1, 0.15) is 12.5 Å². The number of thiazole rings is 1. The van der Waals surface area contributed by atoms with E-state index in [2.05, 4.69) is 5.32 Å². The first-order valence-corrected chi connectivity index (χ1v) is 10.8. The predicted octanol–water partition coefficient (Wildman–Crippen LogP) is -0.743. The van der Waals surface area contributed by atoms with E-state index in [0.29, 0.717) is 0 Å². The van der Waals surface area contributed by atoms with Crippen LogP contribution in [0.5, 0.6) is 0 Å². The minimum absolute atomic E-state index is 0.0600. The first-order valence-electron chi connectivity index (χ1n) is 10.0. The lowest BCUT2D eigenvalue weighted by Crippen LogP contribution is -2.39. The lowest BCUT2D eigenvalue weighted by Gasteiger charge is -2.06. The molecule has 3 aromatic rings. The van der Waals surface area contributed by atoms with E-state index in [9.17, 15) is 28.4 Å². The summed E-state index contributed by atoms with van der Waals surface area (Å²) in [6.45, 7) is 1.25. The van der Waals surface area contributed by atoms with Crippen LogP contribution in [0.25, 0.3) is 12.2 Å². The summed E-state index contributed by atoms with van der Waals surface area (Å²) < 4.78 is 21.6. The summed E-state index contributed by atoms with van der Waals surface area (Å²) in [4.78, 5) is 62.0. The third kappa shape index (κ3) is 5.46. The molecular formula is C22H21FN4O6S. The van der Waals surface area contributed by atoms with Crippen LogP contribution in [0.2, 0.25) is 0 Å². The zero-order chi connectivity index (χ0) is 25.0. The fourth-order valence-electron chi connectivity index (χ4n) is 3.06. The third-order valence-corrected chi connectivity index (χ3v) is 5.69. The van der Waals surface area contributed by atoms with Crippen molar-refractivity contribution in [2.24, 2.45) is 14.1 Å². The molecule has 1 N–H and O–H groups in total. The number of aryl methyl sites for hydroxylation is 1. The topological polar surface area (TPSA) is 121 Å². The zero-order valence-electron chi connectivity index (χ0n) is 18.5. The number of aromatic nitrogens is 3. The Kier molecular flexibility index (Phi) is 7.41. The Bertz CT molecular complexity index is 1560. The van der Waals surface area contributed by atoms with Gasteiger partial charge in [-0.2, -0.15) is 0 Å². The second kappa shape index (κ2) is 10.3. The maximum Gasteiger partial charge on any atom is 0.333 e. The quantitative estimate of drug-likeness (QED) is 0.456. The second-order valence-electron chi connectivity index (χ2n) is 7.14. The molecule has 10 nitrogen and oxygen atoms in total. The van der Waals surface area contributed by atoms with Gasteiger partial charge in [0.15, 0.2) is 0 Å². The predicted molar refractivity (Wildman–Crippen MR) is 124 cm³/mol. The molecule has 1 amide bonds. The molecule has 0 spiro atoms. The average Bonchev–Trinajstić information content (AvgIpc) is 3.04. The smallest absolute Gasteiger partial charge is 0.333 e. The number of nitrogens with zero attached hydrogens (tertiary/aromatic N) is 3. The van der Waals surface area contributed by atoms with Crippen molar-refractivity contribution >= 4 is 41.1 Å². The Labute approximate surface area is 195 Å². The molecule has 0 radical (unpaired) electrons. The number of rotatable bonds is 6. The standard InChI is InChI=1S/C22H21FN4O6S/c1-4-33-19(29)10-18-27(12-17(28)24-15-7-5-6-14(23)9-15)21(31)16(34-18)8-13-11-25(2)22(32)26(3)20(13)30/h5-11H,4,12H2,1-3H3,(H,24,28)/b16-8+,18-10-. The minimum atomic E-state index is -0.715. The number of halogens is 1. The van der Waals surface area contributed by atoms with Crippen LogP contribution in [-0.2, 0) is 35.0 Å². The SMILES string of the molecule is CCOC(=O)/C=c1\s/c(=C/c2cn(C)c(=O)n(C)c2=O)c(=O)n1CC(=O)Nc1cccc(F)c1. The lowest BCUT2D eigenvalue weighted by molar-refractivity contribution is -0.135. The van der Waals surface area contributed by atoms with E-state index in [-0.39, 0.29) is 27.1 Å². The van der Waals surface area contributed by atoms with Gasteiger partial charge < -0.3 is 14.6 Å². The average molecular weight is 488 g/mol. The summed E-state index contributed by atoms with van der Waals surface area (Å²) in [6.07, 6.45) is 3.65. The summed E-state index contributed by atoms with van der Waals surface area (Å²) in [6, 6.07) is 5.24. The molecular weight excluding hydrogens is 467 g/mol. The minimum Gasteiger partial charge on any atom is -0.463 e. The van der Waals surface area contributed by atoms with Crippen molar-refractivity contribution in [3.63, 3.8) is 0 Å². The van der Waals surface area contributed by atoms with E-state index < -0.39 is 41.0 Å². The van der Waals surface area contributed by atoms with E-state index in [1.165, 1.54) is 49.1 Å². The number of anilines is 1. The van der Waals surface area contributed by atoms with Crippen LogP contribution in [0.3, 0.4) is 0 Å². The van der Waals surface area contributed by atoms with Crippen molar-refractivity contribution in [1.82, 2.24) is 13.7 Å². The summed E-state index contributed by atoms with van der Waals surface area (Å²) in [7, 11) is 2.77. The molecule has 0 bridgehead atoms. The maximum absolute atomic E-state index is 13.4. The molecule has 0 fully saturated rings. The number of ether oxygens (including phenoxy) is 1. The van der Waals surface area contributed by atoms with E-state index in [1.54, 1.807) is 6.92 Å². The molecule has 0 aliphatic rings. The van der Waals surface area contributed by atoms with Crippen LogP contribution in [0.4, 0.5) is 10.1 Å². The largest absolute Gasteiger partial charge is 0.463 e. The summed E-state index contributed by atoms with van der Waals surface area (Å²) >= 11 is 0.873. The van der Waals surface area contributed by atoms with Gasteiger partial charge in [-0.15, -0.1) is 11.3 Å². The molecule has 3 rings (SSSR count). The van der Waals surface area contributed by atoms with Crippen molar-refractivity contribution in [2.45, 2.75) is 13.5 Å². The highest BCUT2D eigenvalue weighted by Crippen LogP contribution is 2.08. The number of benzene rings is 1. The normalized spacial score (nSPS) is 12.1. The van der Waals surface area contributed by atoms with Crippen molar-refractivity contribution in [1.29, 1.82) is 0 Å². The molecule has 0 atom stereocenters. The van der Waals surface area contributed by atoms with Crippen molar-refractivity contribution in [2.75, 3.05) is 11.9 Å². The molecule has 12 heteroatoms. The van der Waals surface area contributed by atoms with Gasteiger partial charge in [0, 0.05) is 26.0 Å².